The smallest absolute Gasteiger partial charge is 0.0634 e. The van der Waals surface area contributed by atoms with Crippen molar-refractivity contribution >= 4 is 0 Å². The Labute approximate surface area is 122 Å². The highest BCUT2D eigenvalue weighted by Crippen LogP contribution is 2.37. The van der Waals surface area contributed by atoms with E-state index in [0.29, 0.717) is 6.04 Å². The van der Waals surface area contributed by atoms with Gasteiger partial charge in [0.2, 0.25) is 0 Å². The van der Waals surface area contributed by atoms with Crippen LogP contribution in [0.3, 0.4) is 0 Å². The van der Waals surface area contributed by atoms with E-state index in [-0.39, 0.29) is 0 Å². The van der Waals surface area contributed by atoms with E-state index in [2.05, 4.69) is 15.1 Å². The highest BCUT2D eigenvalue weighted by Gasteiger charge is 2.40. The standard InChI is InChI=1S/C16H29N3O/c1-2-13-10-17-5-4-15(13)16(3-1)19-7-6-18-8-9-20-12-14(18)11-19/h13-17H,1-12H2/t13?,14?,15?,16-/m0/s1. The summed E-state index contributed by atoms with van der Waals surface area (Å²) in [5.74, 6) is 1.91. The molecule has 4 heteroatoms. The zero-order valence-electron chi connectivity index (χ0n) is 12.6. The molecule has 1 N–H and O–H groups in total. The topological polar surface area (TPSA) is 27.7 Å². The van der Waals surface area contributed by atoms with Crippen LogP contribution in [0.15, 0.2) is 0 Å². The van der Waals surface area contributed by atoms with Gasteiger partial charge in [0.05, 0.1) is 13.2 Å². The Kier molecular flexibility index (Phi) is 3.99. The van der Waals surface area contributed by atoms with E-state index in [1.54, 1.807) is 0 Å². The van der Waals surface area contributed by atoms with Gasteiger partial charge in [-0.05, 0) is 44.2 Å². The zero-order valence-corrected chi connectivity index (χ0v) is 12.6. The lowest BCUT2D eigenvalue weighted by atomic mass is 9.71. The fourth-order valence-electron chi connectivity index (χ4n) is 5.09. The Morgan fingerprint density at radius 2 is 1.95 bits per heavy atom. The molecule has 3 aliphatic heterocycles. The predicted molar refractivity (Wildman–Crippen MR) is 79.9 cm³/mol. The lowest BCUT2D eigenvalue weighted by Crippen LogP contribution is -2.62. The van der Waals surface area contributed by atoms with Crippen LogP contribution in [-0.2, 0) is 4.74 Å². The Morgan fingerprint density at radius 3 is 2.95 bits per heavy atom. The molecule has 4 aliphatic rings. The van der Waals surface area contributed by atoms with Crippen LogP contribution in [0.5, 0.6) is 0 Å². The Balaban J connectivity index is 1.43. The molecule has 3 saturated heterocycles. The quantitative estimate of drug-likeness (QED) is 0.768. The molecule has 0 bridgehead atoms. The van der Waals surface area contributed by atoms with Crippen LogP contribution < -0.4 is 5.32 Å². The number of rotatable bonds is 1. The second kappa shape index (κ2) is 5.91. The summed E-state index contributed by atoms with van der Waals surface area (Å²) in [6.07, 6.45) is 5.74. The maximum atomic E-state index is 5.70. The number of fused-ring (bicyclic) bond motifs is 2. The highest BCUT2D eigenvalue weighted by atomic mass is 16.5. The summed E-state index contributed by atoms with van der Waals surface area (Å²) < 4.78 is 5.70. The molecular formula is C16H29N3O. The second-order valence-corrected chi connectivity index (χ2v) is 7.17. The first kappa shape index (κ1) is 13.5. The fourth-order valence-corrected chi connectivity index (χ4v) is 5.09. The normalized spacial score (nSPS) is 43.8. The van der Waals surface area contributed by atoms with Gasteiger partial charge in [-0.3, -0.25) is 9.80 Å². The van der Waals surface area contributed by atoms with Crippen LogP contribution in [0.1, 0.15) is 25.7 Å². The van der Waals surface area contributed by atoms with Gasteiger partial charge in [-0.25, -0.2) is 0 Å². The number of nitrogens with zero attached hydrogens (tertiary/aromatic N) is 2. The molecule has 0 amide bonds. The lowest BCUT2D eigenvalue weighted by molar-refractivity contribution is -0.0685. The van der Waals surface area contributed by atoms with Crippen LogP contribution in [0.25, 0.3) is 0 Å². The summed E-state index contributed by atoms with van der Waals surface area (Å²) in [5, 5.41) is 3.61. The van der Waals surface area contributed by atoms with E-state index >= 15 is 0 Å². The van der Waals surface area contributed by atoms with Crippen LogP contribution in [0.4, 0.5) is 0 Å². The molecule has 0 radical (unpaired) electrons. The number of nitrogens with one attached hydrogen (secondary N) is 1. The summed E-state index contributed by atoms with van der Waals surface area (Å²) >= 11 is 0. The lowest BCUT2D eigenvalue weighted by Gasteiger charge is -2.51. The first-order valence-electron chi connectivity index (χ1n) is 8.68. The molecule has 0 aromatic heterocycles. The minimum absolute atomic E-state index is 0.666. The molecule has 0 aromatic carbocycles. The molecule has 1 saturated carbocycles. The first-order chi connectivity index (χ1) is 9.92. The maximum absolute atomic E-state index is 5.70. The van der Waals surface area contributed by atoms with Crippen molar-refractivity contribution in [2.45, 2.75) is 37.8 Å². The van der Waals surface area contributed by atoms with E-state index in [1.165, 1.54) is 58.4 Å². The molecule has 114 valence electrons. The molecule has 4 atom stereocenters. The van der Waals surface area contributed by atoms with Crippen LogP contribution >= 0.6 is 0 Å². The van der Waals surface area contributed by atoms with Crippen molar-refractivity contribution in [2.24, 2.45) is 11.8 Å². The summed E-state index contributed by atoms with van der Waals surface area (Å²) in [4.78, 5) is 5.49. The third-order valence-corrected chi connectivity index (χ3v) is 6.17. The highest BCUT2D eigenvalue weighted by molar-refractivity contribution is 4.95. The third kappa shape index (κ3) is 2.52. The van der Waals surface area contributed by atoms with E-state index in [9.17, 15) is 0 Å². The van der Waals surface area contributed by atoms with Gasteiger partial charge >= 0.3 is 0 Å². The van der Waals surface area contributed by atoms with Crippen LogP contribution in [0, 0.1) is 11.8 Å². The van der Waals surface area contributed by atoms with Gasteiger partial charge < -0.3 is 10.1 Å². The second-order valence-electron chi connectivity index (χ2n) is 7.17. The van der Waals surface area contributed by atoms with Crippen molar-refractivity contribution in [3.05, 3.63) is 0 Å². The van der Waals surface area contributed by atoms with Crippen molar-refractivity contribution in [3.8, 4) is 0 Å². The van der Waals surface area contributed by atoms with Gasteiger partial charge in [0, 0.05) is 38.3 Å². The van der Waals surface area contributed by atoms with Crippen molar-refractivity contribution in [1.82, 2.24) is 15.1 Å². The number of ether oxygens (including phenoxy) is 1. The third-order valence-electron chi connectivity index (χ3n) is 6.17. The molecule has 0 spiro atoms. The number of hydrogen-bond donors (Lipinski definition) is 1. The minimum Gasteiger partial charge on any atom is -0.378 e. The number of hydrogen-bond acceptors (Lipinski definition) is 4. The van der Waals surface area contributed by atoms with Gasteiger partial charge in [0.15, 0.2) is 0 Å². The summed E-state index contributed by atoms with van der Waals surface area (Å²) in [6.45, 7) is 9.37. The molecule has 4 nitrogen and oxygen atoms in total. The molecule has 20 heavy (non-hydrogen) atoms. The Hall–Kier alpha value is -0.160. The molecule has 1 aliphatic carbocycles. The molecule has 3 unspecified atom stereocenters. The van der Waals surface area contributed by atoms with Crippen molar-refractivity contribution in [3.63, 3.8) is 0 Å². The van der Waals surface area contributed by atoms with Crippen molar-refractivity contribution < 1.29 is 4.74 Å². The molecule has 3 heterocycles. The Bertz CT molecular complexity index is 336. The Morgan fingerprint density at radius 1 is 1.00 bits per heavy atom. The van der Waals surface area contributed by atoms with E-state index in [1.807, 2.05) is 0 Å². The van der Waals surface area contributed by atoms with Crippen LogP contribution in [-0.4, -0.2) is 74.4 Å². The van der Waals surface area contributed by atoms with Gasteiger partial charge in [-0.15, -0.1) is 0 Å². The van der Waals surface area contributed by atoms with Crippen molar-refractivity contribution in [2.75, 3.05) is 52.5 Å². The van der Waals surface area contributed by atoms with E-state index < -0.39 is 0 Å². The minimum atomic E-state index is 0.666. The van der Waals surface area contributed by atoms with Gasteiger partial charge in [-0.2, -0.15) is 0 Å². The number of piperazine rings is 1. The van der Waals surface area contributed by atoms with Crippen molar-refractivity contribution in [1.29, 1.82) is 0 Å². The zero-order chi connectivity index (χ0) is 13.4. The molecule has 4 rings (SSSR count). The molecular weight excluding hydrogens is 250 g/mol. The number of piperidine rings is 1. The summed E-state index contributed by atoms with van der Waals surface area (Å²) in [7, 11) is 0. The summed E-state index contributed by atoms with van der Waals surface area (Å²) in [6, 6.07) is 1.53. The first-order valence-corrected chi connectivity index (χ1v) is 8.68. The average Bonchev–Trinajstić information content (AvgIpc) is 2.54. The SMILES string of the molecule is C1CC2CNCCC2[C@@H](N2CCN3CCOCC3C2)C1. The van der Waals surface area contributed by atoms with Gasteiger partial charge in [0.25, 0.3) is 0 Å². The monoisotopic (exact) mass is 279 g/mol. The predicted octanol–water partition coefficient (Wildman–Crippen LogP) is 0.781. The van der Waals surface area contributed by atoms with E-state index in [4.69, 9.17) is 4.74 Å². The summed E-state index contributed by atoms with van der Waals surface area (Å²) in [5.41, 5.74) is 0. The largest absolute Gasteiger partial charge is 0.378 e. The molecule has 4 fully saturated rings. The van der Waals surface area contributed by atoms with Crippen LogP contribution in [0.2, 0.25) is 0 Å². The molecule has 0 aromatic rings. The van der Waals surface area contributed by atoms with Gasteiger partial charge in [0.1, 0.15) is 0 Å². The average molecular weight is 279 g/mol. The van der Waals surface area contributed by atoms with E-state index in [0.717, 1.165) is 37.6 Å². The fraction of sp³-hybridized carbons (Fsp3) is 1.00. The number of morpholine rings is 1. The maximum Gasteiger partial charge on any atom is 0.0634 e. The van der Waals surface area contributed by atoms with Gasteiger partial charge in [-0.1, -0.05) is 6.42 Å².